The van der Waals surface area contributed by atoms with E-state index in [2.05, 4.69) is 252 Å². The van der Waals surface area contributed by atoms with Crippen molar-refractivity contribution in [1.82, 2.24) is 4.57 Å². The highest BCUT2D eigenvalue weighted by atomic mass is 16.3. The highest BCUT2D eigenvalue weighted by Crippen LogP contribution is 2.44. The van der Waals surface area contributed by atoms with Gasteiger partial charge in [0.25, 0.3) is 0 Å². The lowest BCUT2D eigenvalue weighted by Crippen LogP contribution is -2.11. The molecular weight excluding hydrogens is 789 g/mol. The van der Waals surface area contributed by atoms with Crippen LogP contribution in [0.2, 0.25) is 0 Å². The summed E-state index contributed by atoms with van der Waals surface area (Å²) in [7, 11) is 0. The van der Waals surface area contributed by atoms with E-state index in [-0.39, 0.29) is 0 Å². The summed E-state index contributed by atoms with van der Waals surface area (Å²) in [5.41, 5.74) is 15.5. The van der Waals surface area contributed by atoms with Crippen molar-refractivity contribution in [3.05, 3.63) is 243 Å². The molecule has 13 aromatic rings. The number of benzene rings is 11. The van der Waals surface area contributed by atoms with Crippen molar-refractivity contribution >= 4 is 82.4 Å². The molecule has 3 heteroatoms. The Morgan fingerprint density at radius 1 is 0.308 bits per heavy atom. The van der Waals surface area contributed by atoms with Gasteiger partial charge in [0.2, 0.25) is 0 Å². The fourth-order valence-corrected chi connectivity index (χ4v) is 9.99. The van der Waals surface area contributed by atoms with Gasteiger partial charge < -0.3 is 13.9 Å². The molecule has 0 saturated heterocycles. The Morgan fingerprint density at radius 3 is 1.68 bits per heavy atom. The monoisotopic (exact) mass is 828 g/mol. The third kappa shape index (κ3) is 6.28. The first-order valence-electron chi connectivity index (χ1n) is 22.2. The summed E-state index contributed by atoms with van der Waals surface area (Å²) in [4.78, 5) is 2.41. The van der Waals surface area contributed by atoms with Crippen LogP contribution in [0.15, 0.2) is 247 Å². The number of hydrogen-bond donors (Lipinski definition) is 0. The van der Waals surface area contributed by atoms with Crippen molar-refractivity contribution in [1.29, 1.82) is 0 Å². The molecule has 304 valence electrons. The maximum Gasteiger partial charge on any atom is 0.136 e. The van der Waals surface area contributed by atoms with Crippen LogP contribution < -0.4 is 4.90 Å². The van der Waals surface area contributed by atoms with Gasteiger partial charge in [-0.1, -0.05) is 158 Å². The van der Waals surface area contributed by atoms with Gasteiger partial charge >= 0.3 is 0 Å². The quantitative estimate of drug-likeness (QED) is 0.160. The lowest BCUT2D eigenvalue weighted by atomic mass is 9.98. The predicted molar refractivity (Wildman–Crippen MR) is 274 cm³/mol. The van der Waals surface area contributed by atoms with Crippen LogP contribution >= 0.6 is 0 Å². The van der Waals surface area contributed by atoms with E-state index >= 15 is 0 Å². The summed E-state index contributed by atoms with van der Waals surface area (Å²) in [6, 6.07) is 87.9. The topological polar surface area (TPSA) is 21.3 Å². The first-order chi connectivity index (χ1) is 32.2. The molecule has 2 heterocycles. The van der Waals surface area contributed by atoms with Crippen LogP contribution in [0, 0.1) is 0 Å². The van der Waals surface area contributed by atoms with Crippen molar-refractivity contribution in [2.24, 2.45) is 0 Å². The Bertz CT molecular complexity index is 3910. The molecule has 0 bridgehead atoms. The van der Waals surface area contributed by atoms with Crippen LogP contribution in [0.3, 0.4) is 0 Å². The summed E-state index contributed by atoms with van der Waals surface area (Å²) in [5.74, 6) is 0. The highest BCUT2D eigenvalue weighted by molar-refractivity contribution is 6.12. The van der Waals surface area contributed by atoms with E-state index < -0.39 is 0 Å². The van der Waals surface area contributed by atoms with Gasteiger partial charge in [-0.3, -0.25) is 0 Å². The molecule has 0 fully saturated rings. The van der Waals surface area contributed by atoms with Gasteiger partial charge in [0.15, 0.2) is 0 Å². The van der Waals surface area contributed by atoms with Gasteiger partial charge in [-0.25, -0.2) is 0 Å². The van der Waals surface area contributed by atoms with E-state index in [9.17, 15) is 0 Å². The molecule has 3 nitrogen and oxygen atoms in total. The first kappa shape index (κ1) is 36.9. The zero-order valence-electron chi connectivity index (χ0n) is 35.4. The Labute approximate surface area is 376 Å². The maximum atomic E-state index is 6.45. The van der Waals surface area contributed by atoms with E-state index in [0.717, 1.165) is 72.5 Å². The van der Waals surface area contributed by atoms with Crippen LogP contribution in [-0.4, -0.2) is 4.57 Å². The molecule has 0 radical (unpaired) electrons. The number of para-hydroxylation sites is 3. The molecule has 0 atom stereocenters. The molecule has 0 unspecified atom stereocenters. The predicted octanol–water partition coefficient (Wildman–Crippen LogP) is 17.5. The molecular formula is C62H40N2O. The molecule has 0 aliphatic heterocycles. The molecule has 2 aromatic heterocycles. The third-order valence-electron chi connectivity index (χ3n) is 13.1. The second-order valence-electron chi connectivity index (χ2n) is 16.9. The van der Waals surface area contributed by atoms with Crippen LogP contribution in [0.4, 0.5) is 17.1 Å². The zero-order valence-corrected chi connectivity index (χ0v) is 35.4. The van der Waals surface area contributed by atoms with E-state index in [1.54, 1.807) is 0 Å². The van der Waals surface area contributed by atoms with Gasteiger partial charge in [0.05, 0.1) is 16.7 Å². The Morgan fingerprint density at radius 2 is 0.892 bits per heavy atom. The second kappa shape index (κ2) is 15.0. The van der Waals surface area contributed by atoms with Gasteiger partial charge in [-0.05, 0) is 134 Å². The van der Waals surface area contributed by atoms with E-state index in [0.29, 0.717) is 0 Å². The third-order valence-corrected chi connectivity index (χ3v) is 13.1. The lowest BCUT2D eigenvalue weighted by molar-refractivity contribution is 0.669. The average molecular weight is 829 g/mol. The molecule has 65 heavy (non-hydrogen) atoms. The van der Waals surface area contributed by atoms with Crippen LogP contribution in [0.25, 0.3) is 104 Å². The van der Waals surface area contributed by atoms with Gasteiger partial charge in [-0.2, -0.15) is 0 Å². The fraction of sp³-hybridized carbons (Fsp3) is 0. The molecule has 0 N–H and O–H groups in total. The molecule has 11 aromatic carbocycles. The van der Waals surface area contributed by atoms with Crippen LogP contribution in [0.5, 0.6) is 0 Å². The van der Waals surface area contributed by atoms with Crippen molar-refractivity contribution in [2.45, 2.75) is 0 Å². The molecule has 0 amide bonds. The first-order valence-corrected chi connectivity index (χ1v) is 22.2. The fourth-order valence-electron chi connectivity index (χ4n) is 9.99. The SMILES string of the molecule is c1cc(-c2ccc3ccccc3c2)cc(N(c2ccc(-c3cccc(-n4c5ccccc5c5ccccc54)c3)cc2)c2ccccc2-c2ccc3oc4cc5ccccc5cc4c3c2)c1. The standard InChI is InChI=1S/C62H40N2O/c1-2-14-43-35-48(28-27-41(43)13-1)45-18-12-19-51(37-45)63(58-24-8-5-21-53(58)49-31-34-61-56(39-49)57-38-46-15-3-4-16-47(46)40-62(57)65-61)50-32-29-42(30-33-50)44-17-11-20-52(36-44)64-59-25-9-6-22-54(59)55-23-7-10-26-60(55)64/h1-40H. The smallest absolute Gasteiger partial charge is 0.136 e. The number of anilines is 3. The summed E-state index contributed by atoms with van der Waals surface area (Å²) in [6.07, 6.45) is 0. The number of rotatable bonds is 7. The van der Waals surface area contributed by atoms with Gasteiger partial charge in [0.1, 0.15) is 11.2 Å². The summed E-state index contributed by atoms with van der Waals surface area (Å²) >= 11 is 0. The van der Waals surface area contributed by atoms with Crippen molar-refractivity contribution < 1.29 is 4.42 Å². The molecule has 0 spiro atoms. The van der Waals surface area contributed by atoms with Gasteiger partial charge in [0, 0.05) is 44.2 Å². The number of aromatic nitrogens is 1. The zero-order chi connectivity index (χ0) is 42.8. The maximum absolute atomic E-state index is 6.45. The van der Waals surface area contributed by atoms with E-state index in [4.69, 9.17) is 4.42 Å². The van der Waals surface area contributed by atoms with Crippen LogP contribution in [0.1, 0.15) is 0 Å². The molecule has 13 rings (SSSR count). The minimum Gasteiger partial charge on any atom is -0.456 e. The average Bonchev–Trinajstić information content (AvgIpc) is 3.91. The number of furan rings is 1. The Hall–Kier alpha value is -8.66. The summed E-state index contributed by atoms with van der Waals surface area (Å²) in [6.45, 7) is 0. The van der Waals surface area contributed by atoms with Crippen molar-refractivity contribution in [2.75, 3.05) is 4.90 Å². The Kier molecular flexibility index (Phi) is 8.53. The largest absolute Gasteiger partial charge is 0.456 e. The van der Waals surface area contributed by atoms with Crippen molar-refractivity contribution in [3.63, 3.8) is 0 Å². The highest BCUT2D eigenvalue weighted by Gasteiger charge is 2.20. The molecule has 0 aliphatic rings. The molecule has 0 saturated carbocycles. The summed E-state index contributed by atoms with van der Waals surface area (Å²) in [5, 5.41) is 9.58. The van der Waals surface area contributed by atoms with Crippen molar-refractivity contribution in [3.8, 4) is 39.1 Å². The normalized spacial score (nSPS) is 11.7. The Balaban J connectivity index is 0.945. The second-order valence-corrected chi connectivity index (χ2v) is 16.9. The van der Waals surface area contributed by atoms with Crippen LogP contribution in [-0.2, 0) is 0 Å². The van der Waals surface area contributed by atoms with E-state index in [1.165, 1.54) is 48.9 Å². The lowest BCUT2D eigenvalue weighted by Gasteiger charge is -2.28. The number of fused-ring (bicyclic) bond motifs is 8. The minimum atomic E-state index is 0.884. The number of nitrogens with zero attached hydrogens (tertiary/aromatic N) is 2. The van der Waals surface area contributed by atoms with E-state index in [1.807, 2.05) is 0 Å². The molecule has 0 aliphatic carbocycles. The minimum absolute atomic E-state index is 0.884. The number of hydrogen-bond acceptors (Lipinski definition) is 2. The summed E-state index contributed by atoms with van der Waals surface area (Å²) < 4.78 is 8.84. The van der Waals surface area contributed by atoms with Gasteiger partial charge in [-0.15, -0.1) is 0 Å².